The number of nitrogens with zero attached hydrogens (tertiary/aromatic N) is 3. The number of benzene rings is 2. The number of aromatic nitrogens is 2. The van der Waals surface area contributed by atoms with Gasteiger partial charge in [0.25, 0.3) is 0 Å². The third-order valence-corrected chi connectivity index (χ3v) is 6.12. The van der Waals surface area contributed by atoms with Crippen molar-refractivity contribution in [2.45, 2.75) is 32.0 Å². The summed E-state index contributed by atoms with van der Waals surface area (Å²) >= 11 is 0. The van der Waals surface area contributed by atoms with Gasteiger partial charge in [-0.05, 0) is 36.6 Å². The Labute approximate surface area is 182 Å². The molecular formula is C24H31N3O4. The highest BCUT2D eigenvalue weighted by Gasteiger charge is 2.21. The van der Waals surface area contributed by atoms with Gasteiger partial charge in [-0.2, -0.15) is 0 Å². The van der Waals surface area contributed by atoms with E-state index in [1.165, 1.54) is 5.56 Å². The van der Waals surface area contributed by atoms with E-state index in [0.717, 1.165) is 67.2 Å². The molecule has 7 nitrogen and oxygen atoms in total. The van der Waals surface area contributed by atoms with Crippen LogP contribution in [0.2, 0.25) is 0 Å². The van der Waals surface area contributed by atoms with Crippen molar-refractivity contribution in [2.24, 2.45) is 14.1 Å². The summed E-state index contributed by atoms with van der Waals surface area (Å²) in [4.78, 5) is 14.7. The Kier molecular flexibility index (Phi) is 6.34. The highest BCUT2D eigenvalue weighted by atomic mass is 16.5. The Morgan fingerprint density at radius 3 is 2.55 bits per heavy atom. The lowest BCUT2D eigenvalue weighted by atomic mass is 10.1. The van der Waals surface area contributed by atoms with Crippen LogP contribution in [-0.4, -0.2) is 47.5 Å². The second-order valence-corrected chi connectivity index (χ2v) is 8.21. The van der Waals surface area contributed by atoms with Gasteiger partial charge in [-0.15, -0.1) is 0 Å². The highest BCUT2D eigenvalue weighted by Crippen LogP contribution is 2.27. The van der Waals surface area contributed by atoms with Gasteiger partial charge in [-0.1, -0.05) is 12.1 Å². The molecule has 0 N–H and O–H groups in total. The molecule has 1 aliphatic heterocycles. The minimum atomic E-state index is -0.00803. The van der Waals surface area contributed by atoms with E-state index >= 15 is 0 Å². The minimum absolute atomic E-state index is 0.00803. The fraction of sp³-hybridized carbons (Fsp3) is 0.458. The normalized spacial score (nSPS) is 16.4. The summed E-state index contributed by atoms with van der Waals surface area (Å²) in [5.74, 6) is 1.60. The fourth-order valence-corrected chi connectivity index (χ4v) is 4.39. The maximum atomic E-state index is 12.3. The van der Waals surface area contributed by atoms with Gasteiger partial charge < -0.3 is 14.2 Å². The van der Waals surface area contributed by atoms with E-state index < -0.39 is 0 Å². The van der Waals surface area contributed by atoms with Gasteiger partial charge in [-0.25, -0.2) is 4.79 Å². The summed E-state index contributed by atoms with van der Waals surface area (Å²) in [6.45, 7) is 3.18. The third kappa shape index (κ3) is 4.48. The van der Waals surface area contributed by atoms with Crippen molar-refractivity contribution in [2.75, 3.05) is 27.4 Å². The van der Waals surface area contributed by atoms with Crippen LogP contribution in [0, 0.1) is 0 Å². The standard InChI is InChI=1S/C24H31N3O4/c1-25-21-10-7-17(12-22(21)26(2)24(25)28)14-27(16-20-6-5-11-31-20)15-18-8-9-19(29-3)13-23(18)30-4/h7-10,12-13,20H,5-6,11,14-16H2,1-4H3. The molecule has 4 rings (SSSR count). The van der Waals surface area contributed by atoms with Crippen LogP contribution in [-0.2, 0) is 31.9 Å². The molecular weight excluding hydrogens is 394 g/mol. The van der Waals surface area contributed by atoms with Crippen molar-refractivity contribution in [3.05, 3.63) is 58.0 Å². The van der Waals surface area contributed by atoms with Crippen molar-refractivity contribution in [3.63, 3.8) is 0 Å². The highest BCUT2D eigenvalue weighted by molar-refractivity contribution is 5.76. The Bertz CT molecular complexity index is 1110. The largest absolute Gasteiger partial charge is 0.497 e. The molecule has 0 spiro atoms. The molecule has 3 aromatic rings. The average Bonchev–Trinajstić information content (AvgIpc) is 3.37. The molecule has 2 aromatic carbocycles. The molecule has 31 heavy (non-hydrogen) atoms. The molecule has 1 fully saturated rings. The SMILES string of the molecule is COc1ccc(CN(Cc2ccc3c(c2)n(C)c(=O)n3C)CC2CCCO2)c(OC)c1. The first-order chi connectivity index (χ1) is 15.0. The van der Waals surface area contributed by atoms with Crippen LogP contribution < -0.4 is 15.2 Å². The number of ether oxygens (including phenoxy) is 3. The molecule has 0 radical (unpaired) electrons. The Morgan fingerprint density at radius 1 is 1.03 bits per heavy atom. The number of aryl methyl sites for hydroxylation is 2. The molecule has 0 amide bonds. The predicted molar refractivity (Wildman–Crippen MR) is 121 cm³/mol. The van der Waals surface area contributed by atoms with Crippen LogP contribution in [0.4, 0.5) is 0 Å². The van der Waals surface area contributed by atoms with Gasteiger partial charge >= 0.3 is 5.69 Å². The lowest BCUT2D eigenvalue weighted by molar-refractivity contribution is 0.0676. The first-order valence-corrected chi connectivity index (χ1v) is 10.7. The molecule has 7 heteroatoms. The first-order valence-electron chi connectivity index (χ1n) is 10.7. The smallest absolute Gasteiger partial charge is 0.328 e. The summed E-state index contributed by atoms with van der Waals surface area (Å²) in [5, 5.41) is 0. The van der Waals surface area contributed by atoms with E-state index in [-0.39, 0.29) is 11.8 Å². The van der Waals surface area contributed by atoms with Gasteiger partial charge in [0.2, 0.25) is 0 Å². The third-order valence-electron chi connectivity index (χ3n) is 6.12. The summed E-state index contributed by atoms with van der Waals surface area (Å²) < 4.78 is 20.3. The molecule has 2 heterocycles. The van der Waals surface area contributed by atoms with Crippen LogP contribution in [0.25, 0.3) is 11.0 Å². The summed E-state index contributed by atoms with van der Waals surface area (Å²) in [6, 6.07) is 12.2. The van der Waals surface area contributed by atoms with Gasteiger partial charge in [0, 0.05) is 52.0 Å². The van der Waals surface area contributed by atoms with E-state index in [4.69, 9.17) is 14.2 Å². The van der Waals surface area contributed by atoms with Crippen LogP contribution in [0.15, 0.2) is 41.2 Å². The number of hydrogen-bond acceptors (Lipinski definition) is 5. The molecule has 0 aliphatic carbocycles. The first kappa shape index (κ1) is 21.5. The van der Waals surface area contributed by atoms with Crippen molar-refractivity contribution >= 4 is 11.0 Å². The van der Waals surface area contributed by atoms with Crippen LogP contribution in [0.1, 0.15) is 24.0 Å². The Hall–Kier alpha value is -2.77. The summed E-state index contributed by atoms with van der Waals surface area (Å²) in [7, 11) is 6.97. The number of imidazole rings is 1. The monoisotopic (exact) mass is 425 g/mol. The lowest BCUT2D eigenvalue weighted by Gasteiger charge is -2.26. The lowest BCUT2D eigenvalue weighted by Crippen LogP contribution is -2.31. The van der Waals surface area contributed by atoms with E-state index in [0.29, 0.717) is 0 Å². The molecule has 166 valence electrons. The number of fused-ring (bicyclic) bond motifs is 1. The molecule has 1 atom stereocenters. The maximum Gasteiger partial charge on any atom is 0.328 e. The van der Waals surface area contributed by atoms with Crippen molar-refractivity contribution in [3.8, 4) is 11.5 Å². The fourth-order valence-electron chi connectivity index (χ4n) is 4.39. The van der Waals surface area contributed by atoms with E-state index in [9.17, 15) is 4.79 Å². The molecule has 1 aromatic heterocycles. The number of rotatable bonds is 8. The zero-order chi connectivity index (χ0) is 22.0. The Morgan fingerprint density at radius 2 is 1.84 bits per heavy atom. The molecule has 0 bridgehead atoms. The molecule has 1 saturated heterocycles. The van der Waals surface area contributed by atoms with Gasteiger partial charge in [0.05, 0.1) is 31.4 Å². The van der Waals surface area contributed by atoms with E-state index in [1.54, 1.807) is 23.4 Å². The van der Waals surface area contributed by atoms with Crippen LogP contribution in [0.3, 0.4) is 0 Å². The van der Waals surface area contributed by atoms with Gasteiger partial charge in [0.15, 0.2) is 0 Å². The van der Waals surface area contributed by atoms with Crippen LogP contribution >= 0.6 is 0 Å². The van der Waals surface area contributed by atoms with E-state index in [2.05, 4.69) is 23.1 Å². The quantitative estimate of drug-likeness (QED) is 0.555. The predicted octanol–water partition coefficient (Wildman–Crippen LogP) is 3.08. The Balaban J connectivity index is 1.61. The topological polar surface area (TPSA) is 57.9 Å². The van der Waals surface area contributed by atoms with E-state index in [1.807, 2.05) is 32.3 Å². The van der Waals surface area contributed by atoms with Gasteiger partial charge in [-0.3, -0.25) is 14.0 Å². The van der Waals surface area contributed by atoms with Crippen molar-refractivity contribution in [1.29, 1.82) is 0 Å². The second-order valence-electron chi connectivity index (χ2n) is 8.21. The van der Waals surface area contributed by atoms with Crippen LogP contribution in [0.5, 0.6) is 11.5 Å². The minimum Gasteiger partial charge on any atom is -0.497 e. The van der Waals surface area contributed by atoms with Gasteiger partial charge in [0.1, 0.15) is 11.5 Å². The summed E-state index contributed by atoms with van der Waals surface area (Å²) in [5.41, 5.74) is 4.16. The molecule has 0 saturated carbocycles. The average molecular weight is 426 g/mol. The van der Waals surface area contributed by atoms with Crippen molar-refractivity contribution < 1.29 is 14.2 Å². The summed E-state index contributed by atoms with van der Waals surface area (Å²) in [6.07, 6.45) is 2.44. The zero-order valence-electron chi connectivity index (χ0n) is 18.8. The maximum absolute atomic E-state index is 12.3. The second kappa shape index (κ2) is 9.16. The molecule has 1 aliphatic rings. The number of methoxy groups -OCH3 is 2. The molecule has 1 unspecified atom stereocenters. The zero-order valence-corrected chi connectivity index (χ0v) is 18.8. The number of hydrogen-bond donors (Lipinski definition) is 0. The van der Waals surface area contributed by atoms with Crippen molar-refractivity contribution in [1.82, 2.24) is 14.0 Å².